The van der Waals surface area contributed by atoms with Crippen molar-refractivity contribution in [3.63, 3.8) is 0 Å². The highest BCUT2D eigenvalue weighted by Crippen LogP contribution is 2.44. The zero-order chi connectivity index (χ0) is 32.1. The van der Waals surface area contributed by atoms with Gasteiger partial charge in [0.05, 0.1) is 0 Å². The summed E-state index contributed by atoms with van der Waals surface area (Å²) >= 11 is 0. The molecule has 1 N–H and O–H groups in total. The maximum atomic E-state index is 13.4. The van der Waals surface area contributed by atoms with Gasteiger partial charge in [0.1, 0.15) is 11.5 Å². The lowest BCUT2D eigenvalue weighted by molar-refractivity contribution is 0.0903. The van der Waals surface area contributed by atoms with Crippen LogP contribution in [0.2, 0.25) is 0 Å². The number of ketones is 2. The minimum absolute atomic E-state index is 0.0395. The van der Waals surface area contributed by atoms with Crippen LogP contribution in [0.5, 0.6) is 11.5 Å². The van der Waals surface area contributed by atoms with Gasteiger partial charge in [-0.15, -0.1) is 0 Å². The number of phosphoric acid groups is 1. The molecule has 4 aromatic carbocycles. The lowest BCUT2D eigenvalue weighted by Crippen LogP contribution is -2.17. The smallest absolute Gasteiger partial charge is 0.395 e. The lowest BCUT2D eigenvalue weighted by Gasteiger charge is -2.17. The number of carbonyl (C=O) groups is 2. The van der Waals surface area contributed by atoms with E-state index in [1.807, 2.05) is 60.7 Å². The number of carbonyl (C=O) groups excluding carboxylic acids is 2. The number of phosphoric ester groups is 1. The van der Waals surface area contributed by atoms with Crippen LogP contribution in [0.3, 0.4) is 0 Å². The van der Waals surface area contributed by atoms with Crippen molar-refractivity contribution < 1.29 is 28.1 Å². The molecule has 7 heteroatoms. The van der Waals surface area contributed by atoms with Crippen molar-refractivity contribution in [2.45, 2.75) is 65.2 Å². The number of hydrogen-bond donors (Lipinski definition) is 1. The Kier molecular flexibility index (Phi) is 12.7. The quantitative estimate of drug-likeness (QED) is 0.0874. The molecule has 0 aliphatic heterocycles. The van der Waals surface area contributed by atoms with Gasteiger partial charge in [-0.2, -0.15) is 0 Å². The zero-order valence-electron chi connectivity index (χ0n) is 26.1. The van der Waals surface area contributed by atoms with Gasteiger partial charge in [0, 0.05) is 23.0 Å². The van der Waals surface area contributed by atoms with Gasteiger partial charge in [-0.25, -0.2) is 4.57 Å². The zero-order valence-corrected chi connectivity index (χ0v) is 27.0. The maximum absolute atomic E-state index is 13.4. The Balaban J connectivity index is 1.37. The van der Waals surface area contributed by atoms with E-state index < -0.39 is 7.82 Å². The van der Waals surface area contributed by atoms with Crippen LogP contribution >= 0.6 is 7.82 Å². The Hall–Kier alpha value is -3.99. The van der Waals surface area contributed by atoms with Gasteiger partial charge in [-0.1, -0.05) is 100 Å². The van der Waals surface area contributed by atoms with Gasteiger partial charge >= 0.3 is 7.82 Å². The largest absolute Gasteiger partial charge is 0.584 e. The number of Topliss-reactive ketones (excluding diaryl/α,β-unsaturated/α-hetero) is 2. The molecule has 0 radical (unpaired) electrons. The van der Waals surface area contributed by atoms with Gasteiger partial charge in [0.15, 0.2) is 11.6 Å². The van der Waals surface area contributed by atoms with Crippen molar-refractivity contribution in [1.29, 1.82) is 0 Å². The van der Waals surface area contributed by atoms with Gasteiger partial charge in [0.25, 0.3) is 0 Å². The first kappa shape index (κ1) is 33.9. The number of rotatable bonds is 18. The van der Waals surface area contributed by atoms with Crippen LogP contribution in [0.25, 0.3) is 0 Å². The Labute approximate surface area is 267 Å². The fourth-order valence-electron chi connectivity index (χ4n) is 5.47. The molecule has 4 rings (SSSR count). The van der Waals surface area contributed by atoms with E-state index in [1.54, 1.807) is 24.3 Å². The third-order valence-corrected chi connectivity index (χ3v) is 8.81. The molecule has 0 spiro atoms. The molecule has 0 saturated heterocycles. The van der Waals surface area contributed by atoms with E-state index in [2.05, 4.69) is 13.8 Å². The molecule has 0 amide bonds. The molecule has 45 heavy (non-hydrogen) atoms. The average molecular weight is 627 g/mol. The highest BCUT2D eigenvalue weighted by Gasteiger charge is 2.27. The van der Waals surface area contributed by atoms with Gasteiger partial charge in [-0.05, 0) is 85.3 Å². The summed E-state index contributed by atoms with van der Waals surface area (Å²) in [5.74, 6) is -0.00711. The molecule has 0 heterocycles. The first-order valence-electron chi connectivity index (χ1n) is 15.9. The second-order valence-electron chi connectivity index (χ2n) is 11.5. The Morgan fingerprint density at radius 2 is 0.956 bits per heavy atom. The van der Waals surface area contributed by atoms with E-state index in [-0.39, 0.29) is 34.9 Å². The first-order chi connectivity index (χ1) is 21.8. The van der Waals surface area contributed by atoms with Crippen molar-refractivity contribution in [2.75, 3.05) is 0 Å². The van der Waals surface area contributed by atoms with Crippen LogP contribution < -0.4 is 9.05 Å². The summed E-state index contributed by atoms with van der Waals surface area (Å²) in [6.07, 6.45) is 6.82. The standard InChI is InChI=1S/C38H43O6P/c1-3-5-17-33(27-29-13-9-7-10-14-29)37(39)31-19-23-35(24-20-31)43-45(41,42)44-36-25-21-32(22-26-36)38(40)34(18-6-4-2)28-30-15-11-8-12-16-30/h7-16,19-26,33-34H,3-6,17-18,27-28H2,1-2H3,(H,41,42). The van der Waals surface area contributed by atoms with Crippen LogP contribution in [-0.4, -0.2) is 16.5 Å². The molecule has 0 aliphatic rings. The average Bonchev–Trinajstić information content (AvgIpc) is 3.05. The highest BCUT2D eigenvalue weighted by molar-refractivity contribution is 7.48. The monoisotopic (exact) mass is 626 g/mol. The molecule has 0 bridgehead atoms. The number of unbranched alkanes of at least 4 members (excludes halogenated alkanes) is 2. The molecular formula is C38H43O6P. The predicted molar refractivity (Wildman–Crippen MR) is 179 cm³/mol. The van der Waals surface area contributed by atoms with Crippen molar-refractivity contribution in [3.05, 3.63) is 131 Å². The summed E-state index contributed by atoms with van der Waals surface area (Å²) in [5.41, 5.74) is 3.29. The molecule has 6 nitrogen and oxygen atoms in total. The Morgan fingerprint density at radius 1 is 0.600 bits per heavy atom. The van der Waals surface area contributed by atoms with Crippen LogP contribution in [0.15, 0.2) is 109 Å². The summed E-state index contributed by atoms with van der Waals surface area (Å²) < 4.78 is 23.4. The molecule has 236 valence electrons. The van der Waals surface area contributed by atoms with Gasteiger partial charge in [0.2, 0.25) is 0 Å². The summed E-state index contributed by atoms with van der Waals surface area (Å²) in [6, 6.07) is 32.4. The second-order valence-corrected chi connectivity index (χ2v) is 12.8. The van der Waals surface area contributed by atoms with E-state index in [0.29, 0.717) is 24.0 Å². The number of benzene rings is 4. The van der Waals surface area contributed by atoms with Crippen molar-refractivity contribution >= 4 is 19.4 Å². The minimum Gasteiger partial charge on any atom is -0.395 e. The summed E-state index contributed by atoms with van der Waals surface area (Å²) in [5, 5.41) is 0. The lowest BCUT2D eigenvalue weighted by atomic mass is 9.87. The molecular weight excluding hydrogens is 583 g/mol. The van der Waals surface area contributed by atoms with Gasteiger partial charge in [-0.3, -0.25) is 14.5 Å². The number of hydrogen-bond acceptors (Lipinski definition) is 5. The Morgan fingerprint density at radius 3 is 1.29 bits per heavy atom. The topological polar surface area (TPSA) is 89.9 Å². The van der Waals surface area contributed by atoms with E-state index >= 15 is 0 Å². The first-order valence-corrected chi connectivity index (χ1v) is 17.4. The molecule has 0 fully saturated rings. The van der Waals surface area contributed by atoms with E-state index in [4.69, 9.17) is 9.05 Å². The van der Waals surface area contributed by atoms with Crippen molar-refractivity contribution in [3.8, 4) is 11.5 Å². The summed E-state index contributed by atoms with van der Waals surface area (Å²) in [6.45, 7) is 4.22. The van der Waals surface area contributed by atoms with Crippen LogP contribution in [-0.2, 0) is 17.4 Å². The molecule has 0 aromatic heterocycles. The fourth-order valence-corrected chi connectivity index (χ4v) is 6.28. The predicted octanol–water partition coefficient (Wildman–Crippen LogP) is 9.71. The highest BCUT2D eigenvalue weighted by atomic mass is 31.2. The molecule has 4 aromatic rings. The van der Waals surface area contributed by atoms with E-state index in [9.17, 15) is 19.0 Å². The van der Waals surface area contributed by atoms with Crippen LogP contribution in [0, 0.1) is 11.8 Å². The normalized spacial score (nSPS) is 13.8. The molecule has 2 unspecified atom stereocenters. The van der Waals surface area contributed by atoms with E-state index in [1.165, 1.54) is 24.3 Å². The van der Waals surface area contributed by atoms with Crippen molar-refractivity contribution in [2.24, 2.45) is 11.8 Å². The maximum Gasteiger partial charge on any atom is 0.584 e. The van der Waals surface area contributed by atoms with Crippen molar-refractivity contribution in [1.82, 2.24) is 0 Å². The molecule has 2 atom stereocenters. The van der Waals surface area contributed by atoms with Gasteiger partial charge < -0.3 is 9.05 Å². The Bertz CT molecular complexity index is 1420. The summed E-state index contributed by atoms with van der Waals surface area (Å²) in [4.78, 5) is 37.2. The SMILES string of the molecule is CCCCC(Cc1ccccc1)C(=O)c1ccc(OP(=O)(O)Oc2ccc(C(=O)C(CCCC)Cc3ccccc3)cc2)cc1. The third-order valence-electron chi connectivity index (χ3n) is 7.92. The van der Waals surface area contributed by atoms with E-state index in [0.717, 1.165) is 49.7 Å². The third kappa shape index (κ3) is 10.6. The summed E-state index contributed by atoms with van der Waals surface area (Å²) in [7, 11) is -4.54. The fraction of sp³-hybridized carbons (Fsp3) is 0.316. The second kappa shape index (κ2) is 16.9. The van der Waals surface area contributed by atoms with Crippen LogP contribution in [0.1, 0.15) is 84.2 Å². The van der Waals surface area contributed by atoms with Crippen LogP contribution in [0.4, 0.5) is 0 Å². The molecule has 0 saturated carbocycles. The molecule has 0 aliphatic carbocycles. The minimum atomic E-state index is -4.54.